The molecular weight excluding hydrogens is 484 g/mol. The average Bonchev–Trinajstić information content (AvgIpc) is 2.92. The Morgan fingerprint density at radius 3 is 2.39 bits per heavy atom. The molecule has 2 aliphatic heterocycles. The van der Waals surface area contributed by atoms with Crippen molar-refractivity contribution in [2.24, 2.45) is 0 Å². The average molecular weight is 519 g/mol. The van der Waals surface area contributed by atoms with Gasteiger partial charge in [-0.2, -0.15) is 0 Å². The molecule has 8 heteroatoms. The fraction of sp³-hybridized carbons (Fsp3) is 0.400. The molecule has 1 aromatic heterocycles. The molecule has 3 heterocycles. The molecule has 3 aromatic rings. The number of benzene rings is 2. The van der Waals surface area contributed by atoms with Crippen LogP contribution in [0.3, 0.4) is 0 Å². The highest BCUT2D eigenvalue weighted by atomic mass is 16.6. The van der Waals surface area contributed by atoms with Crippen LogP contribution < -0.4 is 19.6 Å². The second-order valence-electron chi connectivity index (χ2n) is 10.8. The highest BCUT2D eigenvalue weighted by Gasteiger charge is 2.32. The number of nitrogens with zero attached hydrogens (tertiary/aromatic N) is 2. The number of carbonyl (C=O) groups excluding carboxylic acids is 1. The Labute approximate surface area is 222 Å². The first-order valence-corrected chi connectivity index (χ1v) is 13.0. The number of piperazine rings is 1. The summed E-state index contributed by atoms with van der Waals surface area (Å²) in [5.74, 6) is 1.95. The Morgan fingerprint density at radius 2 is 1.71 bits per heavy atom. The van der Waals surface area contributed by atoms with E-state index < -0.39 is 6.10 Å². The van der Waals surface area contributed by atoms with E-state index in [0.29, 0.717) is 56.6 Å². The summed E-state index contributed by atoms with van der Waals surface area (Å²) in [7, 11) is 0. The van der Waals surface area contributed by atoms with Crippen molar-refractivity contribution in [2.45, 2.75) is 45.4 Å². The summed E-state index contributed by atoms with van der Waals surface area (Å²) >= 11 is 0. The Bertz CT molecular complexity index is 1320. The molecule has 0 bridgehead atoms. The summed E-state index contributed by atoms with van der Waals surface area (Å²) in [6.45, 7) is 9.99. The maximum atomic E-state index is 13.0. The Balaban J connectivity index is 1.10. The van der Waals surface area contributed by atoms with Crippen LogP contribution in [0.2, 0.25) is 0 Å². The van der Waals surface area contributed by atoms with Crippen molar-refractivity contribution in [1.29, 1.82) is 0 Å². The lowest BCUT2D eigenvalue weighted by atomic mass is 9.87. The molecule has 0 spiro atoms. The Morgan fingerprint density at radius 1 is 1.00 bits per heavy atom. The largest absolute Gasteiger partial charge is 0.485 e. The van der Waals surface area contributed by atoms with Gasteiger partial charge in [0, 0.05) is 32.2 Å². The summed E-state index contributed by atoms with van der Waals surface area (Å²) in [5, 5.41) is 0. The lowest BCUT2D eigenvalue weighted by molar-refractivity contribution is -0.143. The second kappa shape index (κ2) is 10.9. The Kier molecular flexibility index (Phi) is 7.42. The van der Waals surface area contributed by atoms with Crippen molar-refractivity contribution in [3.8, 4) is 17.2 Å². The number of hydrogen-bond acceptors (Lipinski definition) is 7. The zero-order chi connectivity index (χ0) is 26.7. The van der Waals surface area contributed by atoms with Crippen molar-refractivity contribution >= 4 is 5.91 Å². The molecule has 1 atom stereocenters. The minimum atomic E-state index is -0.640. The Hall–Kier alpha value is -3.78. The molecule has 0 saturated carbocycles. The maximum absolute atomic E-state index is 13.0. The van der Waals surface area contributed by atoms with E-state index in [4.69, 9.17) is 18.6 Å². The number of amides is 1. The summed E-state index contributed by atoms with van der Waals surface area (Å²) in [4.78, 5) is 29.5. The first-order chi connectivity index (χ1) is 18.3. The van der Waals surface area contributed by atoms with E-state index >= 15 is 0 Å². The predicted molar refractivity (Wildman–Crippen MR) is 143 cm³/mol. The van der Waals surface area contributed by atoms with Gasteiger partial charge in [0.15, 0.2) is 11.5 Å². The van der Waals surface area contributed by atoms with E-state index in [9.17, 15) is 9.59 Å². The lowest BCUT2D eigenvalue weighted by Crippen LogP contribution is -2.53. The van der Waals surface area contributed by atoms with Crippen LogP contribution in [0, 0.1) is 0 Å². The predicted octanol–water partition coefficient (Wildman–Crippen LogP) is 4.00. The molecule has 0 N–H and O–H groups in total. The summed E-state index contributed by atoms with van der Waals surface area (Å²) < 4.78 is 23.0. The van der Waals surface area contributed by atoms with E-state index in [-0.39, 0.29) is 29.1 Å². The molecule has 1 saturated heterocycles. The quantitative estimate of drug-likeness (QED) is 0.488. The van der Waals surface area contributed by atoms with E-state index in [1.54, 1.807) is 11.0 Å². The molecule has 1 unspecified atom stereocenters. The zero-order valence-corrected chi connectivity index (χ0v) is 22.1. The standard InChI is InChI=1S/C30H34N2O6/c1-30(2,3)22-10-8-21(9-11-22)18-36-27-19-35-23(16-24(27)33)17-31-12-14-32(15-13-31)29(34)28-20-37-25-6-4-5-7-26(25)38-28/h4-11,16,19,28H,12-15,17-18,20H2,1-3H3. The van der Waals surface area contributed by atoms with Crippen LogP contribution in [0.4, 0.5) is 0 Å². The van der Waals surface area contributed by atoms with Crippen LogP contribution in [0.1, 0.15) is 37.7 Å². The number of ether oxygens (including phenoxy) is 3. The van der Waals surface area contributed by atoms with E-state index in [1.807, 2.05) is 30.3 Å². The van der Waals surface area contributed by atoms with E-state index in [2.05, 4.69) is 37.8 Å². The van der Waals surface area contributed by atoms with Crippen LogP contribution in [0.5, 0.6) is 17.2 Å². The number of carbonyl (C=O) groups is 1. The third kappa shape index (κ3) is 6.02. The molecule has 2 aliphatic rings. The first kappa shape index (κ1) is 25.9. The van der Waals surface area contributed by atoms with Gasteiger partial charge in [-0.15, -0.1) is 0 Å². The molecule has 8 nitrogen and oxygen atoms in total. The molecular formula is C30H34N2O6. The molecule has 1 amide bonds. The van der Waals surface area contributed by atoms with E-state index in [0.717, 1.165) is 5.56 Å². The van der Waals surface area contributed by atoms with Gasteiger partial charge in [0.2, 0.25) is 17.3 Å². The van der Waals surface area contributed by atoms with Gasteiger partial charge in [0.1, 0.15) is 25.2 Å². The number of fused-ring (bicyclic) bond motifs is 1. The minimum Gasteiger partial charge on any atom is -0.485 e. The topological polar surface area (TPSA) is 81.5 Å². The monoisotopic (exact) mass is 518 g/mol. The molecule has 0 aliphatic carbocycles. The molecule has 200 valence electrons. The lowest BCUT2D eigenvalue weighted by Gasteiger charge is -2.36. The van der Waals surface area contributed by atoms with Crippen LogP contribution in [-0.2, 0) is 23.4 Å². The molecule has 0 radical (unpaired) electrons. The maximum Gasteiger partial charge on any atom is 0.267 e. The van der Waals surface area contributed by atoms with Crippen molar-refractivity contribution in [3.63, 3.8) is 0 Å². The van der Waals surface area contributed by atoms with Gasteiger partial charge in [0.05, 0.1) is 6.54 Å². The SMILES string of the molecule is CC(C)(C)c1ccc(COc2coc(CN3CCN(C(=O)C4COc5ccccc5O4)CC3)cc2=O)cc1. The highest BCUT2D eigenvalue weighted by molar-refractivity contribution is 5.82. The van der Waals surface area contributed by atoms with Crippen LogP contribution in [-0.4, -0.2) is 54.6 Å². The minimum absolute atomic E-state index is 0.0692. The van der Waals surface area contributed by atoms with Crippen LogP contribution in [0.25, 0.3) is 0 Å². The summed E-state index contributed by atoms with van der Waals surface area (Å²) in [5.41, 5.74) is 2.12. The van der Waals surface area contributed by atoms with Gasteiger partial charge in [-0.1, -0.05) is 57.2 Å². The number of hydrogen-bond donors (Lipinski definition) is 0. The van der Waals surface area contributed by atoms with Crippen molar-refractivity contribution in [3.05, 3.63) is 88.0 Å². The zero-order valence-electron chi connectivity index (χ0n) is 22.1. The normalized spacial score (nSPS) is 17.8. The van der Waals surface area contributed by atoms with Gasteiger partial charge in [0.25, 0.3) is 5.91 Å². The van der Waals surface area contributed by atoms with Gasteiger partial charge in [-0.3, -0.25) is 14.5 Å². The molecule has 2 aromatic carbocycles. The third-order valence-electron chi connectivity index (χ3n) is 6.91. The summed E-state index contributed by atoms with van der Waals surface area (Å²) in [6.07, 6.45) is 0.748. The fourth-order valence-electron chi connectivity index (χ4n) is 4.58. The number of rotatable bonds is 6. The van der Waals surface area contributed by atoms with Gasteiger partial charge in [-0.05, 0) is 28.7 Å². The van der Waals surface area contributed by atoms with Gasteiger partial charge < -0.3 is 23.5 Å². The number of para-hydroxylation sites is 2. The van der Waals surface area contributed by atoms with Crippen molar-refractivity contribution in [2.75, 3.05) is 32.8 Å². The van der Waals surface area contributed by atoms with E-state index in [1.165, 1.54) is 17.9 Å². The summed E-state index contributed by atoms with van der Waals surface area (Å²) in [6, 6.07) is 17.1. The first-order valence-electron chi connectivity index (χ1n) is 13.0. The fourth-order valence-corrected chi connectivity index (χ4v) is 4.58. The molecule has 38 heavy (non-hydrogen) atoms. The second-order valence-corrected chi connectivity index (χ2v) is 10.8. The van der Waals surface area contributed by atoms with Crippen molar-refractivity contribution in [1.82, 2.24) is 9.80 Å². The van der Waals surface area contributed by atoms with Crippen LogP contribution >= 0.6 is 0 Å². The molecule has 1 fully saturated rings. The van der Waals surface area contributed by atoms with Crippen molar-refractivity contribution < 1.29 is 23.4 Å². The van der Waals surface area contributed by atoms with Gasteiger partial charge in [-0.25, -0.2) is 0 Å². The highest BCUT2D eigenvalue weighted by Crippen LogP contribution is 2.31. The smallest absolute Gasteiger partial charge is 0.267 e. The van der Waals surface area contributed by atoms with Gasteiger partial charge >= 0.3 is 0 Å². The molecule has 5 rings (SSSR count). The van der Waals surface area contributed by atoms with Crippen LogP contribution in [0.15, 0.2) is 70.1 Å². The third-order valence-corrected chi connectivity index (χ3v) is 6.91.